The summed E-state index contributed by atoms with van der Waals surface area (Å²) in [5, 5.41) is 0. The summed E-state index contributed by atoms with van der Waals surface area (Å²) < 4.78 is 33.9. The van der Waals surface area contributed by atoms with Crippen LogP contribution in [0.3, 0.4) is 0 Å². The predicted octanol–water partition coefficient (Wildman–Crippen LogP) is 5.83. The zero-order valence-corrected chi connectivity index (χ0v) is 22.2. The van der Waals surface area contributed by atoms with Gasteiger partial charge in [-0.1, -0.05) is 36.4 Å². The van der Waals surface area contributed by atoms with E-state index in [-0.39, 0.29) is 46.4 Å². The van der Waals surface area contributed by atoms with E-state index in [1.165, 1.54) is 18.1 Å². The zero-order valence-electron chi connectivity index (χ0n) is 20.6. The summed E-state index contributed by atoms with van der Waals surface area (Å²) in [7, 11) is 1.43. The maximum Gasteiger partial charge on any atom is 0.415 e. The predicted molar refractivity (Wildman–Crippen MR) is 138 cm³/mol. The number of nitrogens with zero attached hydrogens (tertiary/aromatic N) is 1. The highest BCUT2D eigenvalue weighted by Crippen LogP contribution is 2.47. The summed E-state index contributed by atoms with van der Waals surface area (Å²) in [6.07, 6.45) is -0.602. The molecule has 1 aliphatic rings. The van der Waals surface area contributed by atoms with Gasteiger partial charge in [0.25, 0.3) is 0 Å². The van der Waals surface area contributed by atoms with Crippen molar-refractivity contribution in [1.29, 1.82) is 0 Å². The third kappa shape index (κ3) is 5.75. The molecule has 4 rings (SSSR count). The molecule has 0 aliphatic carbocycles. The van der Waals surface area contributed by atoms with Gasteiger partial charge in [-0.2, -0.15) is 0 Å². The first-order valence-corrected chi connectivity index (χ1v) is 12.4. The number of esters is 1. The molecule has 3 aromatic rings. The van der Waals surface area contributed by atoms with Gasteiger partial charge < -0.3 is 33.3 Å². The number of carbonyl (C=O) groups is 2. The molecule has 37 heavy (non-hydrogen) atoms. The first-order valence-electron chi connectivity index (χ1n) is 11.6. The number of amides is 1. The molecule has 0 spiro atoms. The summed E-state index contributed by atoms with van der Waals surface area (Å²) >= 11 is 3.41. The van der Waals surface area contributed by atoms with Gasteiger partial charge in [-0.3, -0.25) is 0 Å². The SMILES string of the molecule is CCN(CC)C(=O)Oc1c(Br)c(C(=O)Oc2cccc3c2OCO3)cc(OCc2ccccc2)c1OC. The van der Waals surface area contributed by atoms with Crippen LogP contribution in [0.4, 0.5) is 4.79 Å². The first kappa shape index (κ1) is 26.2. The van der Waals surface area contributed by atoms with Gasteiger partial charge in [-0.15, -0.1) is 0 Å². The largest absolute Gasteiger partial charge is 0.490 e. The molecule has 10 heteroatoms. The molecular formula is C27H26BrNO8. The van der Waals surface area contributed by atoms with Crippen LogP contribution < -0.4 is 28.4 Å². The van der Waals surface area contributed by atoms with Gasteiger partial charge in [-0.05, 0) is 53.5 Å². The van der Waals surface area contributed by atoms with Gasteiger partial charge in [0.15, 0.2) is 23.0 Å². The van der Waals surface area contributed by atoms with E-state index in [4.69, 9.17) is 28.4 Å². The molecular weight excluding hydrogens is 546 g/mol. The van der Waals surface area contributed by atoms with E-state index in [1.807, 2.05) is 44.2 Å². The van der Waals surface area contributed by atoms with Crippen LogP contribution in [0.5, 0.6) is 34.5 Å². The van der Waals surface area contributed by atoms with Crippen LogP contribution >= 0.6 is 15.9 Å². The van der Waals surface area contributed by atoms with Crippen LogP contribution in [0.25, 0.3) is 0 Å². The fourth-order valence-corrected chi connectivity index (χ4v) is 4.18. The van der Waals surface area contributed by atoms with E-state index in [2.05, 4.69) is 15.9 Å². The molecule has 3 aromatic carbocycles. The molecule has 0 radical (unpaired) electrons. The molecule has 0 aromatic heterocycles. The minimum absolute atomic E-state index is 0.00483. The highest BCUT2D eigenvalue weighted by atomic mass is 79.9. The Morgan fingerprint density at radius 3 is 2.41 bits per heavy atom. The maximum atomic E-state index is 13.3. The molecule has 194 valence electrons. The number of fused-ring (bicyclic) bond motifs is 1. The molecule has 0 saturated heterocycles. The van der Waals surface area contributed by atoms with E-state index in [9.17, 15) is 9.59 Å². The Bertz CT molecular complexity index is 1280. The fraction of sp³-hybridized carbons (Fsp3) is 0.259. The third-order valence-corrected chi connectivity index (χ3v) is 6.36. The molecule has 9 nitrogen and oxygen atoms in total. The highest BCUT2D eigenvalue weighted by Gasteiger charge is 2.29. The van der Waals surface area contributed by atoms with Crippen molar-refractivity contribution in [3.63, 3.8) is 0 Å². The van der Waals surface area contributed by atoms with Crippen LogP contribution in [-0.4, -0.2) is 44.0 Å². The molecule has 0 unspecified atom stereocenters. The lowest BCUT2D eigenvalue weighted by Gasteiger charge is -2.22. The number of halogens is 1. The van der Waals surface area contributed by atoms with E-state index < -0.39 is 12.1 Å². The second kappa shape index (κ2) is 11.9. The van der Waals surface area contributed by atoms with E-state index in [0.29, 0.717) is 24.6 Å². The first-order chi connectivity index (χ1) is 18.0. The summed E-state index contributed by atoms with van der Waals surface area (Å²) in [6.45, 7) is 4.77. The van der Waals surface area contributed by atoms with Crippen molar-refractivity contribution >= 4 is 28.0 Å². The zero-order chi connectivity index (χ0) is 26.4. The monoisotopic (exact) mass is 571 g/mol. The van der Waals surface area contributed by atoms with Crippen molar-refractivity contribution in [2.75, 3.05) is 27.0 Å². The number of rotatable bonds is 9. The minimum Gasteiger partial charge on any atom is -0.490 e. The Labute approximate surface area is 222 Å². The summed E-state index contributed by atoms with van der Waals surface area (Å²) in [4.78, 5) is 27.7. The lowest BCUT2D eigenvalue weighted by atomic mass is 10.1. The van der Waals surface area contributed by atoms with E-state index in [0.717, 1.165) is 5.56 Å². The third-order valence-electron chi connectivity index (χ3n) is 5.58. The minimum atomic E-state index is -0.733. The maximum absolute atomic E-state index is 13.3. The molecule has 0 saturated carbocycles. The average Bonchev–Trinajstić information content (AvgIpc) is 3.40. The van der Waals surface area contributed by atoms with Crippen molar-refractivity contribution in [2.24, 2.45) is 0 Å². The van der Waals surface area contributed by atoms with Crippen molar-refractivity contribution in [1.82, 2.24) is 4.90 Å². The standard InChI is InChI=1S/C27H26BrNO8/c1-4-29(5-2)27(31)37-25-22(28)18(26(30)36-20-13-9-12-19-23(20)35-16-34-19)14-21(24(25)32-3)33-15-17-10-7-6-8-11-17/h6-14H,4-5,15-16H2,1-3H3. The molecule has 1 amide bonds. The summed E-state index contributed by atoms with van der Waals surface area (Å²) in [5.74, 6) is 0.599. The second-order valence-electron chi connectivity index (χ2n) is 7.79. The number of para-hydroxylation sites is 1. The number of ether oxygens (including phenoxy) is 6. The lowest BCUT2D eigenvalue weighted by Crippen LogP contribution is -2.33. The molecule has 1 heterocycles. The number of hydrogen-bond donors (Lipinski definition) is 0. The number of methoxy groups -OCH3 is 1. The second-order valence-corrected chi connectivity index (χ2v) is 8.59. The summed E-state index contributed by atoms with van der Waals surface area (Å²) in [5.41, 5.74) is 0.956. The van der Waals surface area contributed by atoms with Crippen LogP contribution in [0.1, 0.15) is 29.8 Å². The number of hydrogen-bond acceptors (Lipinski definition) is 8. The molecule has 0 fully saturated rings. The molecule has 1 aliphatic heterocycles. The molecule has 0 bridgehead atoms. The molecule has 0 atom stereocenters. The van der Waals surface area contributed by atoms with Crippen molar-refractivity contribution in [2.45, 2.75) is 20.5 Å². The average molecular weight is 572 g/mol. The lowest BCUT2D eigenvalue weighted by molar-refractivity contribution is 0.0724. The fourth-order valence-electron chi connectivity index (χ4n) is 3.64. The van der Waals surface area contributed by atoms with Crippen molar-refractivity contribution in [3.8, 4) is 34.5 Å². The highest BCUT2D eigenvalue weighted by molar-refractivity contribution is 9.10. The normalized spacial score (nSPS) is 11.6. The van der Waals surface area contributed by atoms with Crippen LogP contribution in [0, 0.1) is 0 Å². The van der Waals surface area contributed by atoms with Crippen molar-refractivity contribution < 1.29 is 38.0 Å². The van der Waals surface area contributed by atoms with Crippen LogP contribution in [0.15, 0.2) is 59.1 Å². The van der Waals surface area contributed by atoms with Gasteiger partial charge in [-0.25, -0.2) is 9.59 Å². The Morgan fingerprint density at radius 1 is 0.946 bits per heavy atom. The van der Waals surface area contributed by atoms with Gasteiger partial charge in [0, 0.05) is 13.1 Å². The van der Waals surface area contributed by atoms with Crippen LogP contribution in [-0.2, 0) is 6.61 Å². The van der Waals surface area contributed by atoms with Gasteiger partial charge >= 0.3 is 12.1 Å². The topological polar surface area (TPSA) is 92.8 Å². The number of carbonyl (C=O) groups excluding carboxylic acids is 2. The smallest absolute Gasteiger partial charge is 0.415 e. The molecule has 0 N–H and O–H groups in total. The van der Waals surface area contributed by atoms with Crippen LogP contribution in [0.2, 0.25) is 0 Å². The Hall–Kier alpha value is -3.92. The van der Waals surface area contributed by atoms with Gasteiger partial charge in [0.2, 0.25) is 18.3 Å². The van der Waals surface area contributed by atoms with E-state index in [1.54, 1.807) is 18.2 Å². The van der Waals surface area contributed by atoms with Gasteiger partial charge in [0.1, 0.15) is 6.61 Å². The Balaban J connectivity index is 1.73. The van der Waals surface area contributed by atoms with E-state index >= 15 is 0 Å². The van der Waals surface area contributed by atoms with Gasteiger partial charge in [0.05, 0.1) is 17.1 Å². The number of benzene rings is 3. The Morgan fingerprint density at radius 2 is 1.70 bits per heavy atom. The summed E-state index contributed by atoms with van der Waals surface area (Å²) in [6, 6.07) is 16.0. The van der Waals surface area contributed by atoms with Crippen molar-refractivity contribution in [3.05, 3.63) is 70.2 Å². The quantitative estimate of drug-likeness (QED) is 0.234. The Kier molecular flexibility index (Phi) is 8.39.